The Morgan fingerprint density at radius 1 is 1.38 bits per heavy atom. The number of ether oxygens (including phenoxy) is 1. The van der Waals surface area contributed by atoms with Crippen molar-refractivity contribution in [3.63, 3.8) is 0 Å². The maximum absolute atomic E-state index is 12.8. The molecule has 0 aromatic carbocycles. The fourth-order valence-electron chi connectivity index (χ4n) is 3.35. The van der Waals surface area contributed by atoms with E-state index in [4.69, 9.17) is 4.74 Å². The quantitative estimate of drug-likeness (QED) is 0.805. The van der Waals surface area contributed by atoms with Gasteiger partial charge in [-0.05, 0) is 43.8 Å². The normalized spacial score (nSPS) is 25.8. The third kappa shape index (κ3) is 4.52. The van der Waals surface area contributed by atoms with Crippen LogP contribution in [0.2, 0.25) is 0 Å². The molecule has 0 bridgehead atoms. The topological polar surface area (TPSA) is 53.0 Å². The molecule has 0 aliphatic carbocycles. The van der Waals surface area contributed by atoms with Gasteiger partial charge in [0.2, 0.25) is 0 Å². The Bertz CT molecular complexity index is 560. The van der Waals surface area contributed by atoms with Crippen LogP contribution in [0.3, 0.4) is 0 Å². The molecule has 7 heteroatoms. The van der Waals surface area contributed by atoms with Crippen LogP contribution < -0.4 is 0 Å². The molecule has 1 amide bonds. The van der Waals surface area contributed by atoms with Gasteiger partial charge < -0.3 is 19.6 Å². The first-order valence-electron chi connectivity index (χ1n) is 8.64. The SMILES string of the molecule is CCSc1ccc(C(=O)N2CCOC[C@](O)(CN3CCCC3)C2)s1. The molecular weight excluding hydrogens is 344 g/mol. The summed E-state index contributed by atoms with van der Waals surface area (Å²) in [5, 5.41) is 11.0. The van der Waals surface area contributed by atoms with Crippen LogP contribution in [0.4, 0.5) is 0 Å². The molecule has 5 nitrogen and oxygen atoms in total. The largest absolute Gasteiger partial charge is 0.384 e. The van der Waals surface area contributed by atoms with Gasteiger partial charge in [0.05, 0.1) is 28.8 Å². The fourth-order valence-corrected chi connectivity index (χ4v) is 5.37. The van der Waals surface area contributed by atoms with Crippen molar-refractivity contribution in [3.8, 4) is 0 Å². The predicted molar refractivity (Wildman–Crippen MR) is 98.1 cm³/mol. The summed E-state index contributed by atoms with van der Waals surface area (Å²) in [6.45, 7) is 6.41. The molecule has 2 aliphatic heterocycles. The van der Waals surface area contributed by atoms with Gasteiger partial charge in [0.1, 0.15) is 5.60 Å². The van der Waals surface area contributed by atoms with Crippen LogP contribution in [-0.4, -0.2) is 78.1 Å². The summed E-state index contributed by atoms with van der Waals surface area (Å²) in [5.41, 5.74) is -0.977. The van der Waals surface area contributed by atoms with E-state index in [2.05, 4.69) is 11.8 Å². The number of hydrogen-bond donors (Lipinski definition) is 1. The number of carbonyl (C=O) groups is 1. The number of β-amino-alcohol motifs (C(OH)–C–C–N with tert-alkyl or cyclic N) is 1. The number of rotatable bonds is 5. The average Bonchev–Trinajstić information content (AvgIpc) is 3.18. The first-order valence-corrected chi connectivity index (χ1v) is 10.4. The fraction of sp³-hybridized carbons (Fsp3) is 0.706. The van der Waals surface area contributed by atoms with Gasteiger partial charge in [0.15, 0.2) is 0 Å². The summed E-state index contributed by atoms with van der Waals surface area (Å²) in [4.78, 5) is 17.6. The smallest absolute Gasteiger partial charge is 0.264 e. The minimum absolute atomic E-state index is 0.00769. The lowest BCUT2D eigenvalue weighted by Gasteiger charge is -2.33. The molecule has 1 aromatic rings. The van der Waals surface area contributed by atoms with Crippen LogP contribution in [0.1, 0.15) is 29.4 Å². The Kier molecular flexibility index (Phi) is 6.21. The minimum Gasteiger partial charge on any atom is -0.384 e. The molecule has 0 unspecified atom stereocenters. The lowest BCUT2D eigenvalue weighted by molar-refractivity contribution is -0.0524. The highest BCUT2D eigenvalue weighted by atomic mass is 32.2. The Balaban J connectivity index is 1.67. The molecule has 1 atom stereocenters. The van der Waals surface area contributed by atoms with Crippen molar-refractivity contribution in [2.45, 2.75) is 29.6 Å². The van der Waals surface area contributed by atoms with E-state index in [0.717, 1.165) is 23.7 Å². The van der Waals surface area contributed by atoms with Gasteiger partial charge >= 0.3 is 0 Å². The van der Waals surface area contributed by atoms with Crippen LogP contribution in [0.5, 0.6) is 0 Å². The molecular formula is C17H26N2O3S2. The van der Waals surface area contributed by atoms with Crippen molar-refractivity contribution in [2.75, 3.05) is 51.7 Å². The number of thiophene rings is 1. The van der Waals surface area contributed by atoms with Crippen LogP contribution in [-0.2, 0) is 4.74 Å². The van der Waals surface area contributed by atoms with Crippen LogP contribution in [0.15, 0.2) is 16.3 Å². The van der Waals surface area contributed by atoms with Crippen molar-refractivity contribution < 1.29 is 14.6 Å². The molecule has 1 aromatic heterocycles. The third-order valence-electron chi connectivity index (χ3n) is 4.44. The first-order chi connectivity index (χ1) is 11.6. The first kappa shape index (κ1) is 18.2. The van der Waals surface area contributed by atoms with Crippen molar-refractivity contribution in [1.82, 2.24) is 9.80 Å². The van der Waals surface area contributed by atoms with E-state index in [1.165, 1.54) is 28.4 Å². The van der Waals surface area contributed by atoms with Crippen LogP contribution >= 0.6 is 23.1 Å². The molecule has 2 aliphatic rings. The van der Waals surface area contributed by atoms with Crippen LogP contribution in [0, 0.1) is 0 Å². The Labute approximate surface area is 152 Å². The van der Waals surface area contributed by atoms with Crippen molar-refractivity contribution in [3.05, 3.63) is 17.0 Å². The maximum atomic E-state index is 12.8. The van der Waals surface area contributed by atoms with Crippen molar-refractivity contribution >= 4 is 29.0 Å². The zero-order valence-corrected chi connectivity index (χ0v) is 15.8. The summed E-state index contributed by atoms with van der Waals surface area (Å²) >= 11 is 3.29. The number of carbonyl (C=O) groups excluding carboxylic acids is 1. The van der Waals surface area contributed by atoms with Crippen molar-refractivity contribution in [2.24, 2.45) is 0 Å². The van der Waals surface area contributed by atoms with Gasteiger partial charge in [0.25, 0.3) is 5.91 Å². The second kappa shape index (κ2) is 8.19. The summed E-state index contributed by atoms with van der Waals surface area (Å²) in [6, 6.07) is 3.91. The molecule has 0 radical (unpaired) electrons. The van der Waals surface area contributed by atoms with Gasteiger partial charge in [-0.25, -0.2) is 0 Å². The predicted octanol–water partition coefficient (Wildman–Crippen LogP) is 2.16. The zero-order chi connectivity index (χ0) is 17.0. The third-order valence-corrected chi connectivity index (χ3v) is 6.62. The van der Waals surface area contributed by atoms with E-state index in [1.807, 2.05) is 12.1 Å². The van der Waals surface area contributed by atoms with Crippen molar-refractivity contribution in [1.29, 1.82) is 0 Å². The number of thioether (sulfide) groups is 1. The number of nitrogens with zero attached hydrogens (tertiary/aromatic N) is 2. The van der Waals surface area contributed by atoms with E-state index in [9.17, 15) is 9.90 Å². The highest BCUT2D eigenvalue weighted by Gasteiger charge is 2.37. The minimum atomic E-state index is -0.977. The molecule has 0 spiro atoms. The lowest BCUT2D eigenvalue weighted by Crippen LogP contribution is -2.52. The van der Waals surface area contributed by atoms with E-state index in [0.29, 0.717) is 32.8 Å². The summed E-state index contributed by atoms with van der Waals surface area (Å²) in [5.74, 6) is 1.01. The van der Waals surface area contributed by atoms with E-state index >= 15 is 0 Å². The average molecular weight is 371 g/mol. The number of amides is 1. The molecule has 0 saturated carbocycles. The van der Waals surface area contributed by atoms with Gasteiger partial charge in [-0.2, -0.15) is 0 Å². The van der Waals surface area contributed by atoms with Gasteiger partial charge in [-0.1, -0.05) is 6.92 Å². The molecule has 2 saturated heterocycles. The second-order valence-electron chi connectivity index (χ2n) is 6.54. The second-order valence-corrected chi connectivity index (χ2v) is 9.19. The maximum Gasteiger partial charge on any atom is 0.264 e. The highest BCUT2D eigenvalue weighted by Crippen LogP contribution is 2.28. The zero-order valence-electron chi connectivity index (χ0n) is 14.2. The molecule has 134 valence electrons. The number of aliphatic hydroxyl groups is 1. The Hall–Kier alpha value is -0.600. The standard InChI is InChI=1S/C17H26N2O3S2/c1-2-23-15-6-5-14(24-15)16(20)19-9-10-22-13-17(21,12-19)11-18-7-3-4-8-18/h5-6,21H,2-4,7-13H2,1H3/t17-/m0/s1. The molecule has 3 heterocycles. The van der Waals surface area contributed by atoms with Crippen LogP contribution in [0.25, 0.3) is 0 Å². The molecule has 3 rings (SSSR count). The van der Waals surface area contributed by atoms with E-state index in [-0.39, 0.29) is 5.91 Å². The van der Waals surface area contributed by atoms with Gasteiger partial charge in [-0.3, -0.25) is 4.79 Å². The Morgan fingerprint density at radius 3 is 2.92 bits per heavy atom. The summed E-state index contributed by atoms with van der Waals surface area (Å²) in [6.07, 6.45) is 2.37. The molecule has 1 N–H and O–H groups in total. The highest BCUT2D eigenvalue weighted by molar-refractivity contribution is 8.01. The summed E-state index contributed by atoms with van der Waals surface area (Å²) < 4.78 is 6.78. The van der Waals surface area contributed by atoms with E-state index in [1.54, 1.807) is 16.7 Å². The molecule has 2 fully saturated rings. The molecule has 24 heavy (non-hydrogen) atoms. The Morgan fingerprint density at radius 2 is 2.17 bits per heavy atom. The number of likely N-dealkylation sites (tertiary alicyclic amines) is 1. The lowest BCUT2D eigenvalue weighted by atomic mass is 10.0. The number of hydrogen-bond acceptors (Lipinski definition) is 6. The van der Waals surface area contributed by atoms with E-state index < -0.39 is 5.60 Å². The van der Waals surface area contributed by atoms with Gasteiger partial charge in [0, 0.05) is 13.1 Å². The monoisotopic (exact) mass is 370 g/mol. The summed E-state index contributed by atoms with van der Waals surface area (Å²) in [7, 11) is 0. The van der Waals surface area contributed by atoms with Gasteiger partial charge in [-0.15, -0.1) is 23.1 Å².